The molecule has 1 atom stereocenters. The molecule has 0 aromatic heterocycles. The Kier molecular flexibility index (Phi) is 3.34. The summed E-state index contributed by atoms with van der Waals surface area (Å²) in [5.74, 6) is -0.167. The van der Waals surface area contributed by atoms with E-state index in [9.17, 15) is 4.79 Å². The molecule has 3 nitrogen and oxygen atoms in total. The third kappa shape index (κ3) is 3.09. The van der Waals surface area contributed by atoms with Gasteiger partial charge in [-0.15, -0.1) is 0 Å². The second kappa shape index (κ2) is 4.30. The van der Waals surface area contributed by atoms with E-state index in [-0.39, 0.29) is 11.6 Å². The summed E-state index contributed by atoms with van der Waals surface area (Å²) in [6.45, 7) is 4.09. The lowest BCUT2D eigenvalue weighted by molar-refractivity contribution is -0.151. The van der Waals surface area contributed by atoms with Crippen LogP contribution >= 0.6 is 0 Å². The van der Waals surface area contributed by atoms with Crippen LogP contribution in [0.3, 0.4) is 0 Å². The van der Waals surface area contributed by atoms with Crippen molar-refractivity contribution in [3.8, 4) is 0 Å². The van der Waals surface area contributed by atoms with Crippen LogP contribution in [-0.4, -0.2) is 18.2 Å². The van der Waals surface area contributed by atoms with Crippen molar-refractivity contribution in [2.45, 2.75) is 38.7 Å². The van der Waals surface area contributed by atoms with Gasteiger partial charge < -0.3 is 9.47 Å². The van der Waals surface area contributed by atoms with Crippen molar-refractivity contribution in [1.82, 2.24) is 0 Å². The number of esters is 1. The van der Waals surface area contributed by atoms with Crippen LogP contribution in [0, 0.1) is 0 Å². The number of allylic oxidation sites excluding steroid dienone is 1. The maximum absolute atomic E-state index is 10.9. The zero-order chi connectivity index (χ0) is 9.73. The van der Waals surface area contributed by atoms with Crippen LogP contribution in [0.2, 0.25) is 0 Å². The summed E-state index contributed by atoms with van der Waals surface area (Å²) in [6, 6.07) is 0. The van der Waals surface area contributed by atoms with Gasteiger partial charge in [0, 0.05) is 6.42 Å². The molecule has 74 valence electrons. The molecule has 0 saturated carbocycles. The first-order valence-corrected chi connectivity index (χ1v) is 4.65. The molecule has 1 unspecified atom stereocenters. The standard InChI is InChI=1S/C10H16O3/c1-3-9(11)12-8-10(2)6-4-5-7-13-10/h5,7H,3-4,6,8H2,1-2H3. The summed E-state index contributed by atoms with van der Waals surface area (Å²) in [4.78, 5) is 10.9. The Hall–Kier alpha value is -0.990. The average molecular weight is 184 g/mol. The predicted octanol–water partition coefficient (Wildman–Crippen LogP) is 2.02. The maximum Gasteiger partial charge on any atom is 0.305 e. The van der Waals surface area contributed by atoms with Crippen LogP contribution in [0.5, 0.6) is 0 Å². The van der Waals surface area contributed by atoms with E-state index in [1.54, 1.807) is 13.2 Å². The highest BCUT2D eigenvalue weighted by molar-refractivity contribution is 5.68. The molecular weight excluding hydrogens is 168 g/mol. The molecule has 1 aliphatic rings. The third-order valence-electron chi connectivity index (χ3n) is 2.12. The average Bonchev–Trinajstić information content (AvgIpc) is 2.15. The predicted molar refractivity (Wildman–Crippen MR) is 49.1 cm³/mol. The van der Waals surface area contributed by atoms with Gasteiger partial charge in [-0.2, -0.15) is 0 Å². The van der Waals surface area contributed by atoms with Crippen LogP contribution < -0.4 is 0 Å². The van der Waals surface area contributed by atoms with Gasteiger partial charge in [0.2, 0.25) is 0 Å². The second-order valence-electron chi connectivity index (χ2n) is 3.49. The van der Waals surface area contributed by atoms with Crippen molar-refractivity contribution in [1.29, 1.82) is 0 Å². The van der Waals surface area contributed by atoms with Crippen LogP contribution in [0.15, 0.2) is 12.3 Å². The number of ether oxygens (including phenoxy) is 2. The van der Waals surface area contributed by atoms with Crippen LogP contribution in [0.25, 0.3) is 0 Å². The number of hydrogen-bond donors (Lipinski definition) is 0. The molecule has 0 aromatic rings. The highest BCUT2D eigenvalue weighted by atomic mass is 16.6. The molecule has 1 aliphatic heterocycles. The quantitative estimate of drug-likeness (QED) is 0.629. The largest absolute Gasteiger partial charge is 0.492 e. The first kappa shape index (κ1) is 10.1. The van der Waals surface area contributed by atoms with Crippen LogP contribution in [0.1, 0.15) is 33.1 Å². The highest BCUT2D eigenvalue weighted by Gasteiger charge is 2.27. The molecular formula is C10H16O3. The summed E-state index contributed by atoms with van der Waals surface area (Å²) in [6.07, 6.45) is 5.97. The van der Waals surface area contributed by atoms with E-state index in [0.717, 1.165) is 12.8 Å². The van der Waals surface area contributed by atoms with Gasteiger partial charge in [0.1, 0.15) is 12.2 Å². The van der Waals surface area contributed by atoms with Crippen LogP contribution in [-0.2, 0) is 14.3 Å². The van der Waals surface area contributed by atoms with Gasteiger partial charge in [-0.1, -0.05) is 6.92 Å². The molecule has 0 aromatic carbocycles. The van der Waals surface area contributed by atoms with E-state index in [1.165, 1.54) is 0 Å². The maximum atomic E-state index is 10.9. The number of rotatable bonds is 3. The van der Waals surface area contributed by atoms with E-state index >= 15 is 0 Å². The van der Waals surface area contributed by atoms with Crippen molar-refractivity contribution in [3.63, 3.8) is 0 Å². The normalized spacial score (nSPS) is 26.6. The topological polar surface area (TPSA) is 35.5 Å². The lowest BCUT2D eigenvalue weighted by Crippen LogP contribution is -2.35. The zero-order valence-corrected chi connectivity index (χ0v) is 8.21. The van der Waals surface area contributed by atoms with Gasteiger partial charge in [0.25, 0.3) is 0 Å². The van der Waals surface area contributed by atoms with Crippen molar-refractivity contribution in [2.24, 2.45) is 0 Å². The van der Waals surface area contributed by atoms with E-state index in [0.29, 0.717) is 13.0 Å². The molecule has 0 saturated heterocycles. The van der Waals surface area contributed by atoms with E-state index in [2.05, 4.69) is 0 Å². The highest BCUT2D eigenvalue weighted by Crippen LogP contribution is 2.23. The first-order valence-electron chi connectivity index (χ1n) is 4.65. The number of hydrogen-bond acceptors (Lipinski definition) is 3. The fraction of sp³-hybridized carbons (Fsp3) is 0.700. The minimum atomic E-state index is -0.320. The van der Waals surface area contributed by atoms with E-state index in [1.807, 2.05) is 13.0 Å². The van der Waals surface area contributed by atoms with E-state index in [4.69, 9.17) is 9.47 Å². The molecule has 0 amide bonds. The molecule has 0 spiro atoms. The smallest absolute Gasteiger partial charge is 0.305 e. The van der Waals surface area contributed by atoms with Gasteiger partial charge in [0.05, 0.1) is 6.26 Å². The summed E-state index contributed by atoms with van der Waals surface area (Å²) in [7, 11) is 0. The fourth-order valence-corrected chi connectivity index (χ4v) is 1.17. The summed E-state index contributed by atoms with van der Waals surface area (Å²) >= 11 is 0. The molecule has 1 heterocycles. The Morgan fingerprint density at radius 1 is 1.69 bits per heavy atom. The monoisotopic (exact) mass is 184 g/mol. The van der Waals surface area contributed by atoms with Gasteiger partial charge in [0.15, 0.2) is 0 Å². The SMILES string of the molecule is CCC(=O)OCC1(C)CCC=CO1. The Balaban J connectivity index is 2.34. The minimum Gasteiger partial charge on any atom is -0.492 e. The van der Waals surface area contributed by atoms with Gasteiger partial charge >= 0.3 is 5.97 Å². The molecule has 0 radical (unpaired) electrons. The van der Waals surface area contributed by atoms with Gasteiger partial charge in [-0.05, 0) is 25.8 Å². The Labute approximate surface area is 78.7 Å². The molecule has 0 bridgehead atoms. The van der Waals surface area contributed by atoms with Crippen molar-refractivity contribution in [3.05, 3.63) is 12.3 Å². The van der Waals surface area contributed by atoms with Crippen molar-refractivity contribution < 1.29 is 14.3 Å². The summed E-state index contributed by atoms with van der Waals surface area (Å²) < 4.78 is 10.4. The molecule has 0 fully saturated rings. The van der Waals surface area contributed by atoms with E-state index < -0.39 is 0 Å². The Bertz CT molecular complexity index is 210. The molecule has 0 aliphatic carbocycles. The van der Waals surface area contributed by atoms with Gasteiger partial charge in [-0.25, -0.2) is 0 Å². The van der Waals surface area contributed by atoms with Crippen molar-refractivity contribution >= 4 is 5.97 Å². The summed E-state index contributed by atoms with van der Waals surface area (Å²) in [5.41, 5.74) is -0.320. The third-order valence-corrected chi connectivity index (χ3v) is 2.12. The zero-order valence-electron chi connectivity index (χ0n) is 8.21. The van der Waals surface area contributed by atoms with Crippen molar-refractivity contribution in [2.75, 3.05) is 6.61 Å². The molecule has 3 heteroatoms. The fourth-order valence-electron chi connectivity index (χ4n) is 1.17. The van der Waals surface area contributed by atoms with Crippen LogP contribution in [0.4, 0.5) is 0 Å². The number of carbonyl (C=O) groups excluding carboxylic acids is 1. The number of carbonyl (C=O) groups is 1. The molecule has 1 rings (SSSR count). The minimum absolute atomic E-state index is 0.167. The Morgan fingerprint density at radius 2 is 2.46 bits per heavy atom. The molecule has 0 N–H and O–H groups in total. The lowest BCUT2D eigenvalue weighted by Gasteiger charge is -2.30. The lowest BCUT2D eigenvalue weighted by atomic mass is 9.99. The summed E-state index contributed by atoms with van der Waals surface area (Å²) in [5, 5.41) is 0. The second-order valence-corrected chi connectivity index (χ2v) is 3.49. The Morgan fingerprint density at radius 3 is 3.00 bits per heavy atom. The first-order chi connectivity index (χ1) is 6.16. The van der Waals surface area contributed by atoms with Gasteiger partial charge in [-0.3, -0.25) is 4.79 Å². The molecule has 13 heavy (non-hydrogen) atoms.